The van der Waals surface area contributed by atoms with Gasteiger partial charge in [-0.2, -0.15) is 0 Å². The fraction of sp³-hybridized carbons (Fsp3) is 0.429. The molecule has 0 aliphatic rings. The molecule has 0 heterocycles. The van der Waals surface area contributed by atoms with Gasteiger partial charge >= 0.3 is 0 Å². The number of methoxy groups -OCH3 is 1. The Balaban J connectivity index is 2.68. The van der Waals surface area contributed by atoms with Gasteiger partial charge in [0.1, 0.15) is 12.7 Å². The second-order valence-corrected chi connectivity index (χ2v) is 3.42. The average Bonchev–Trinajstić information content (AvgIpc) is 2.35. The van der Waals surface area contributed by atoms with Crippen LogP contribution in [-0.2, 0) is 9.47 Å². The second-order valence-electron chi connectivity index (χ2n) is 3.42. The molecule has 0 N–H and O–H groups in total. The smallest absolute Gasteiger partial charge is 0.143 e. The van der Waals surface area contributed by atoms with Gasteiger partial charge in [-0.15, -0.1) is 0 Å². The molecular weight excluding hydrogens is 200 g/mol. The van der Waals surface area contributed by atoms with Gasteiger partial charge in [-0.25, -0.2) is 0 Å². The first-order valence-corrected chi connectivity index (χ1v) is 5.52. The van der Waals surface area contributed by atoms with Crippen LogP contribution >= 0.6 is 0 Å². The lowest BCUT2D eigenvalue weighted by Gasteiger charge is -2.11. The number of hydrogen-bond donors (Lipinski definition) is 0. The van der Waals surface area contributed by atoms with Gasteiger partial charge in [0, 0.05) is 13.7 Å². The third-order valence-electron chi connectivity index (χ3n) is 2.04. The number of rotatable bonds is 5. The summed E-state index contributed by atoms with van der Waals surface area (Å²) in [6.45, 7) is 3.25. The molecule has 2 nitrogen and oxygen atoms in total. The molecule has 0 saturated heterocycles. The van der Waals surface area contributed by atoms with Gasteiger partial charge in [0.05, 0.1) is 0 Å². The van der Waals surface area contributed by atoms with Crippen LogP contribution in [0.5, 0.6) is 0 Å². The third-order valence-corrected chi connectivity index (χ3v) is 2.04. The van der Waals surface area contributed by atoms with Crippen LogP contribution < -0.4 is 0 Å². The number of benzene rings is 1. The Kier molecular flexibility index (Phi) is 6.32. The first-order chi connectivity index (χ1) is 7.88. The molecule has 0 amide bonds. The Labute approximate surface area is 97.6 Å². The maximum absolute atomic E-state index is 5.69. The van der Waals surface area contributed by atoms with Crippen molar-refractivity contribution in [2.75, 3.05) is 20.3 Å². The maximum Gasteiger partial charge on any atom is 0.143 e. The highest BCUT2D eigenvalue weighted by Crippen LogP contribution is 2.16. The van der Waals surface area contributed by atoms with Crippen molar-refractivity contribution in [2.24, 2.45) is 0 Å². The van der Waals surface area contributed by atoms with E-state index >= 15 is 0 Å². The van der Waals surface area contributed by atoms with Crippen molar-refractivity contribution in [3.63, 3.8) is 0 Å². The quantitative estimate of drug-likeness (QED) is 0.707. The molecule has 0 bridgehead atoms. The van der Waals surface area contributed by atoms with E-state index in [1.54, 1.807) is 7.11 Å². The van der Waals surface area contributed by atoms with Crippen molar-refractivity contribution < 1.29 is 9.47 Å². The van der Waals surface area contributed by atoms with E-state index in [0.29, 0.717) is 6.61 Å². The molecule has 0 saturated carbocycles. The summed E-state index contributed by atoms with van der Waals surface area (Å²) in [4.78, 5) is 0. The summed E-state index contributed by atoms with van der Waals surface area (Å²) in [6, 6.07) is 10.0. The van der Waals surface area contributed by atoms with E-state index in [1.165, 1.54) is 0 Å². The lowest BCUT2D eigenvalue weighted by Crippen LogP contribution is -2.03. The zero-order chi connectivity index (χ0) is 11.6. The molecule has 0 fully saturated rings. The standard InChI is InChI=1S/C14H18O2/c1-3-11-16-14(10-7-12-15-2)13-8-5-4-6-9-13/h4-6,8-9,14H,3,11-12H2,1-2H3. The molecule has 1 atom stereocenters. The molecular formula is C14H18O2. The van der Waals surface area contributed by atoms with E-state index in [0.717, 1.165) is 18.6 Å². The third kappa shape index (κ3) is 4.48. The van der Waals surface area contributed by atoms with E-state index in [4.69, 9.17) is 9.47 Å². The Bertz CT molecular complexity index is 335. The molecule has 16 heavy (non-hydrogen) atoms. The van der Waals surface area contributed by atoms with Crippen molar-refractivity contribution in [1.82, 2.24) is 0 Å². The molecule has 1 aromatic carbocycles. The second kappa shape index (κ2) is 7.92. The molecule has 1 aromatic rings. The van der Waals surface area contributed by atoms with Gasteiger partial charge < -0.3 is 9.47 Å². The first kappa shape index (κ1) is 12.8. The maximum atomic E-state index is 5.69. The molecule has 0 spiro atoms. The molecule has 0 aliphatic carbocycles. The van der Waals surface area contributed by atoms with Crippen LogP contribution in [0.1, 0.15) is 25.0 Å². The van der Waals surface area contributed by atoms with Crippen LogP contribution in [0.25, 0.3) is 0 Å². The van der Waals surface area contributed by atoms with Gasteiger partial charge in [-0.3, -0.25) is 0 Å². The van der Waals surface area contributed by atoms with Crippen molar-refractivity contribution in [1.29, 1.82) is 0 Å². The Hall–Kier alpha value is -1.30. The summed E-state index contributed by atoms with van der Waals surface area (Å²) in [5.41, 5.74) is 1.10. The Morgan fingerprint density at radius 1 is 1.25 bits per heavy atom. The fourth-order valence-electron chi connectivity index (χ4n) is 1.29. The van der Waals surface area contributed by atoms with E-state index in [2.05, 4.69) is 18.8 Å². The molecule has 0 aliphatic heterocycles. The number of hydrogen-bond acceptors (Lipinski definition) is 2. The van der Waals surface area contributed by atoms with Crippen LogP contribution in [0.15, 0.2) is 30.3 Å². The predicted molar refractivity (Wildman–Crippen MR) is 65.1 cm³/mol. The van der Waals surface area contributed by atoms with E-state index < -0.39 is 0 Å². The molecule has 0 radical (unpaired) electrons. The minimum absolute atomic E-state index is 0.142. The van der Waals surface area contributed by atoms with Crippen molar-refractivity contribution in [2.45, 2.75) is 19.4 Å². The van der Waals surface area contributed by atoms with Gasteiger partial charge in [0.15, 0.2) is 0 Å². The average molecular weight is 218 g/mol. The summed E-state index contributed by atoms with van der Waals surface area (Å²) in [6.07, 6.45) is 0.853. The number of ether oxygens (including phenoxy) is 2. The molecule has 86 valence electrons. The summed E-state index contributed by atoms with van der Waals surface area (Å²) in [5.74, 6) is 6.02. The topological polar surface area (TPSA) is 18.5 Å². The van der Waals surface area contributed by atoms with Gasteiger partial charge in [0.25, 0.3) is 0 Å². The Morgan fingerprint density at radius 2 is 2.00 bits per heavy atom. The highest BCUT2D eigenvalue weighted by molar-refractivity contribution is 5.25. The lowest BCUT2D eigenvalue weighted by atomic mass is 10.1. The molecule has 0 aromatic heterocycles. The first-order valence-electron chi connectivity index (χ1n) is 5.52. The summed E-state index contributed by atoms with van der Waals surface area (Å²) in [7, 11) is 1.64. The highest BCUT2D eigenvalue weighted by atomic mass is 16.5. The largest absolute Gasteiger partial charge is 0.372 e. The Morgan fingerprint density at radius 3 is 2.62 bits per heavy atom. The summed E-state index contributed by atoms with van der Waals surface area (Å²) >= 11 is 0. The summed E-state index contributed by atoms with van der Waals surface area (Å²) in [5, 5.41) is 0. The van der Waals surface area contributed by atoms with Crippen molar-refractivity contribution in [3.05, 3.63) is 35.9 Å². The van der Waals surface area contributed by atoms with E-state index in [1.807, 2.05) is 30.3 Å². The fourth-order valence-corrected chi connectivity index (χ4v) is 1.29. The van der Waals surface area contributed by atoms with Crippen LogP contribution in [0, 0.1) is 11.8 Å². The van der Waals surface area contributed by atoms with Crippen LogP contribution in [0.3, 0.4) is 0 Å². The zero-order valence-electron chi connectivity index (χ0n) is 9.90. The van der Waals surface area contributed by atoms with Crippen molar-refractivity contribution in [3.8, 4) is 11.8 Å². The van der Waals surface area contributed by atoms with Gasteiger partial charge in [-0.1, -0.05) is 49.1 Å². The minimum Gasteiger partial charge on any atom is -0.372 e. The van der Waals surface area contributed by atoms with Crippen molar-refractivity contribution >= 4 is 0 Å². The SMILES string of the molecule is CCCOC(C#CCOC)c1ccccc1. The normalized spacial score (nSPS) is 11.6. The minimum atomic E-state index is -0.142. The van der Waals surface area contributed by atoms with Crippen LogP contribution in [0.4, 0.5) is 0 Å². The molecule has 2 heteroatoms. The molecule has 1 unspecified atom stereocenters. The van der Waals surface area contributed by atoms with Gasteiger partial charge in [-0.05, 0) is 12.0 Å². The molecule has 1 rings (SSSR count). The van der Waals surface area contributed by atoms with Gasteiger partial charge in [0.2, 0.25) is 0 Å². The summed E-state index contributed by atoms with van der Waals surface area (Å²) < 4.78 is 10.6. The predicted octanol–water partition coefficient (Wildman–Crippen LogP) is 2.80. The zero-order valence-corrected chi connectivity index (χ0v) is 9.90. The lowest BCUT2D eigenvalue weighted by molar-refractivity contribution is 0.0919. The monoisotopic (exact) mass is 218 g/mol. The van der Waals surface area contributed by atoms with E-state index in [9.17, 15) is 0 Å². The highest BCUT2D eigenvalue weighted by Gasteiger charge is 2.06. The van der Waals surface area contributed by atoms with E-state index in [-0.39, 0.29) is 6.10 Å². The van der Waals surface area contributed by atoms with Crippen LogP contribution in [0.2, 0.25) is 0 Å². The van der Waals surface area contributed by atoms with Crippen LogP contribution in [-0.4, -0.2) is 20.3 Å².